The van der Waals surface area contributed by atoms with Crippen molar-refractivity contribution in [2.24, 2.45) is 0 Å². The third kappa shape index (κ3) is 4.29. The number of sulfonamides is 1. The molecule has 0 atom stereocenters. The molecule has 0 unspecified atom stereocenters. The molecule has 0 fully saturated rings. The molecule has 4 nitrogen and oxygen atoms in total. The molecular formula is C13H15F3N2O2S. The maximum atomic E-state index is 12.4. The highest BCUT2D eigenvalue weighted by molar-refractivity contribution is 7.89. The summed E-state index contributed by atoms with van der Waals surface area (Å²) in [5, 5.41) is 3.10. The molecule has 0 aliphatic carbocycles. The summed E-state index contributed by atoms with van der Waals surface area (Å²) in [6, 6.07) is 3.45. The van der Waals surface area contributed by atoms with E-state index in [1.54, 1.807) is 0 Å². The summed E-state index contributed by atoms with van der Waals surface area (Å²) >= 11 is 0. The van der Waals surface area contributed by atoms with E-state index in [2.05, 4.69) is 10.0 Å². The fourth-order valence-electron chi connectivity index (χ4n) is 1.92. The van der Waals surface area contributed by atoms with Crippen molar-refractivity contribution >= 4 is 10.0 Å². The monoisotopic (exact) mass is 320 g/mol. The van der Waals surface area contributed by atoms with Crippen LogP contribution in [0.3, 0.4) is 0 Å². The standard InChI is InChI=1S/C13H15F3N2O2S/c14-13(15,16)11-1-3-12(4-2-11)21(19,20)18-9-10-5-7-17-8-6-10/h1-5,17-18H,6-9H2. The molecule has 116 valence electrons. The maximum absolute atomic E-state index is 12.4. The summed E-state index contributed by atoms with van der Waals surface area (Å²) in [5.41, 5.74) is 0.0896. The van der Waals surface area contributed by atoms with Crippen LogP contribution < -0.4 is 10.0 Å². The Bertz CT molecular complexity index is 622. The minimum atomic E-state index is -4.48. The van der Waals surface area contributed by atoms with Gasteiger partial charge in [0.1, 0.15) is 0 Å². The lowest BCUT2D eigenvalue weighted by atomic mass is 10.1. The number of alkyl halides is 3. The third-order valence-corrected chi connectivity index (χ3v) is 4.56. The van der Waals surface area contributed by atoms with E-state index in [1.807, 2.05) is 6.08 Å². The first kappa shape index (κ1) is 16.0. The summed E-state index contributed by atoms with van der Waals surface area (Å²) < 4.78 is 63.7. The average Bonchev–Trinajstić information content (AvgIpc) is 2.46. The summed E-state index contributed by atoms with van der Waals surface area (Å²) in [4.78, 5) is -0.176. The van der Waals surface area contributed by atoms with Crippen LogP contribution >= 0.6 is 0 Å². The van der Waals surface area contributed by atoms with Crippen molar-refractivity contribution in [1.29, 1.82) is 0 Å². The van der Waals surface area contributed by atoms with Crippen molar-refractivity contribution in [3.63, 3.8) is 0 Å². The molecule has 0 amide bonds. The van der Waals surface area contributed by atoms with E-state index in [4.69, 9.17) is 0 Å². The highest BCUT2D eigenvalue weighted by Crippen LogP contribution is 2.29. The Kier molecular flexibility index (Phi) is 4.70. The first-order valence-electron chi connectivity index (χ1n) is 6.34. The van der Waals surface area contributed by atoms with Gasteiger partial charge in [-0.1, -0.05) is 11.6 Å². The van der Waals surface area contributed by atoms with Crippen molar-refractivity contribution < 1.29 is 21.6 Å². The molecule has 0 radical (unpaired) electrons. The van der Waals surface area contributed by atoms with Gasteiger partial charge in [-0.2, -0.15) is 13.2 Å². The van der Waals surface area contributed by atoms with Crippen molar-refractivity contribution in [1.82, 2.24) is 10.0 Å². The molecule has 1 heterocycles. The molecule has 21 heavy (non-hydrogen) atoms. The van der Waals surface area contributed by atoms with E-state index >= 15 is 0 Å². The number of hydrogen-bond donors (Lipinski definition) is 2. The van der Waals surface area contributed by atoms with E-state index in [0.717, 1.165) is 42.8 Å². The SMILES string of the molecule is O=S(=O)(NCC1=CCNCC1)c1ccc(C(F)(F)F)cc1. The van der Waals surface area contributed by atoms with Crippen LogP contribution in [0.1, 0.15) is 12.0 Å². The minimum Gasteiger partial charge on any atom is -0.313 e. The molecule has 1 aromatic rings. The van der Waals surface area contributed by atoms with Crippen molar-refractivity contribution in [3.05, 3.63) is 41.5 Å². The van der Waals surface area contributed by atoms with Crippen LogP contribution in [0, 0.1) is 0 Å². The van der Waals surface area contributed by atoms with Gasteiger partial charge in [-0.3, -0.25) is 0 Å². The molecular weight excluding hydrogens is 305 g/mol. The van der Waals surface area contributed by atoms with E-state index in [1.165, 1.54) is 0 Å². The normalized spacial score (nSPS) is 16.6. The van der Waals surface area contributed by atoms with Gasteiger partial charge in [0.05, 0.1) is 10.5 Å². The van der Waals surface area contributed by atoms with Gasteiger partial charge < -0.3 is 5.32 Å². The van der Waals surface area contributed by atoms with Crippen LogP contribution in [0.5, 0.6) is 0 Å². The minimum absolute atomic E-state index is 0.172. The van der Waals surface area contributed by atoms with Crippen molar-refractivity contribution in [3.8, 4) is 0 Å². The van der Waals surface area contributed by atoms with E-state index in [0.29, 0.717) is 6.54 Å². The summed E-state index contributed by atoms with van der Waals surface area (Å²) in [5.74, 6) is 0. The Balaban J connectivity index is 2.07. The smallest absolute Gasteiger partial charge is 0.313 e. The number of benzene rings is 1. The summed E-state index contributed by atoms with van der Waals surface area (Å²) in [6.45, 7) is 1.65. The number of nitrogens with one attached hydrogen (secondary N) is 2. The topological polar surface area (TPSA) is 58.2 Å². The Hall–Kier alpha value is -1.38. The first-order chi connectivity index (χ1) is 9.79. The van der Waals surface area contributed by atoms with Crippen LogP contribution in [0.15, 0.2) is 40.8 Å². The third-order valence-electron chi connectivity index (χ3n) is 3.14. The van der Waals surface area contributed by atoms with Gasteiger partial charge in [0, 0.05) is 13.1 Å². The number of halogens is 3. The number of hydrogen-bond acceptors (Lipinski definition) is 3. The van der Waals surface area contributed by atoms with Gasteiger partial charge in [-0.05, 0) is 37.2 Å². The Labute approximate surface area is 121 Å². The van der Waals surface area contributed by atoms with Gasteiger partial charge in [-0.15, -0.1) is 0 Å². The summed E-state index contributed by atoms with van der Waals surface area (Å²) in [6.07, 6.45) is -1.83. The predicted molar refractivity (Wildman–Crippen MR) is 72.2 cm³/mol. The van der Waals surface area contributed by atoms with Crippen LogP contribution in [0.2, 0.25) is 0 Å². The molecule has 0 spiro atoms. The molecule has 0 saturated heterocycles. The molecule has 8 heteroatoms. The lowest BCUT2D eigenvalue weighted by molar-refractivity contribution is -0.137. The lowest BCUT2D eigenvalue weighted by Gasteiger charge is -2.15. The zero-order chi connectivity index (χ0) is 15.5. The van der Waals surface area contributed by atoms with Gasteiger partial charge >= 0.3 is 6.18 Å². The largest absolute Gasteiger partial charge is 0.416 e. The van der Waals surface area contributed by atoms with Crippen LogP contribution in [-0.4, -0.2) is 28.1 Å². The van der Waals surface area contributed by atoms with Crippen LogP contribution in [0.4, 0.5) is 13.2 Å². The quantitative estimate of drug-likeness (QED) is 0.833. The Morgan fingerprint density at radius 2 is 1.86 bits per heavy atom. The zero-order valence-corrected chi connectivity index (χ0v) is 11.9. The number of rotatable bonds is 4. The molecule has 0 aromatic heterocycles. The van der Waals surface area contributed by atoms with E-state index in [-0.39, 0.29) is 11.4 Å². The molecule has 2 rings (SSSR count). The van der Waals surface area contributed by atoms with Gasteiger partial charge in [0.25, 0.3) is 0 Å². The van der Waals surface area contributed by atoms with Crippen molar-refractivity contribution in [2.75, 3.05) is 19.6 Å². The summed E-state index contributed by atoms with van der Waals surface area (Å²) in [7, 11) is -3.80. The molecule has 1 aromatic carbocycles. The Morgan fingerprint density at radius 3 is 2.38 bits per heavy atom. The second-order valence-corrected chi connectivity index (χ2v) is 6.43. The highest BCUT2D eigenvalue weighted by Gasteiger charge is 2.30. The van der Waals surface area contributed by atoms with E-state index in [9.17, 15) is 21.6 Å². The molecule has 0 bridgehead atoms. The molecule has 2 N–H and O–H groups in total. The fraction of sp³-hybridized carbons (Fsp3) is 0.385. The van der Waals surface area contributed by atoms with Crippen LogP contribution in [0.25, 0.3) is 0 Å². The highest BCUT2D eigenvalue weighted by atomic mass is 32.2. The second-order valence-electron chi connectivity index (χ2n) is 4.66. The van der Waals surface area contributed by atoms with Gasteiger partial charge in [0.2, 0.25) is 10.0 Å². The van der Waals surface area contributed by atoms with Gasteiger partial charge in [-0.25, -0.2) is 13.1 Å². The molecule has 1 aliphatic rings. The van der Waals surface area contributed by atoms with Crippen LogP contribution in [-0.2, 0) is 16.2 Å². The maximum Gasteiger partial charge on any atom is 0.416 e. The molecule has 1 aliphatic heterocycles. The first-order valence-corrected chi connectivity index (χ1v) is 7.83. The average molecular weight is 320 g/mol. The predicted octanol–water partition coefficient (Wildman–Crippen LogP) is 1.90. The van der Waals surface area contributed by atoms with Gasteiger partial charge in [0.15, 0.2) is 0 Å². The van der Waals surface area contributed by atoms with Crippen molar-refractivity contribution in [2.45, 2.75) is 17.5 Å². The molecule has 0 saturated carbocycles. The van der Waals surface area contributed by atoms with E-state index < -0.39 is 21.8 Å². The zero-order valence-electron chi connectivity index (χ0n) is 11.1. The fourth-order valence-corrected chi connectivity index (χ4v) is 2.96. The lowest BCUT2D eigenvalue weighted by Crippen LogP contribution is -2.29. The Morgan fingerprint density at radius 1 is 1.19 bits per heavy atom. The second kappa shape index (κ2) is 6.17.